The molecule has 228 valence electrons. The molecule has 8 nitrogen and oxygen atoms in total. The maximum Gasteiger partial charge on any atom is 0.201 e. The zero-order chi connectivity index (χ0) is 30.5. The van der Waals surface area contributed by atoms with Crippen molar-refractivity contribution in [2.75, 3.05) is 41.4 Å². The van der Waals surface area contributed by atoms with E-state index in [0.29, 0.717) is 40.9 Å². The van der Waals surface area contributed by atoms with Crippen LogP contribution in [0.15, 0.2) is 60.7 Å². The standard InChI is InChI=1S/C36H38N2O6/c1-37-13-11-23-18-32-31(41-3)20-26(23)27(37)16-22-7-10-29(39)30(17-22)43-25-8-5-21(6-9-25)15-28-34-24(12-14-38(28)2)19-33(42-4)35(40)36(34)44-32/h5-10,17-20,27-28,39-40H,11-16H2,1-4H3/t27-,28+/m1/s1. The lowest BCUT2D eigenvalue weighted by molar-refractivity contribution is 0.221. The van der Waals surface area contributed by atoms with Gasteiger partial charge in [-0.1, -0.05) is 18.2 Å². The van der Waals surface area contributed by atoms with Crippen molar-refractivity contribution in [1.29, 1.82) is 0 Å². The number of nitrogens with zero attached hydrogens (tertiary/aromatic N) is 2. The van der Waals surface area contributed by atoms with Crippen LogP contribution in [0.2, 0.25) is 0 Å². The Bertz CT molecular complexity index is 1720. The summed E-state index contributed by atoms with van der Waals surface area (Å²) in [5.74, 6) is 3.14. The number of phenolic OH excluding ortho intramolecular Hbond substituents is 2. The fourth-order valence-corrected chi connectivity index (χ4v) is 6.94. The van der Waals surface area contributed by atoms with Crippen LogP contribution in [0.25, 0.3) is 0 Å². The average molecular weight is 595 g/mol. The lowest BCUT2D eigenvalue weighted by atomic mass is 9.87. The molecule has 2 N–H and O–H groups in total. The number of likely N-dealkylation sites (N-methyl/N-ethyl adjacent to an activating group) is 2. The zero-order valence-electron chi connectivity index (χ0n) is 25.6. The third-order valence-corrected chi connectivity index (χ3v) is 9.46. The maximum atomic E-state index is 11.5. The Morgan fingerprint density at radius 3 is 2.14 bits per heavy atom. The highest BCUT2D eigenvalue weighted by Crippen LogP contribution is 2.51. The average Bonchev–Trinajstić information content (AvgIpc) is 3.03. The minimum Gasteiger partial charge on any atom is -0.504 e. The van der Waals surface area contributed by atoms with Crippen LogP contribution in [0, 0.1) is 0 Å². The Morgan fingerprint density at radius 2 is 1.39 bits per heavy atom. The van der Waals surface area contributed by atoms with Gasteiger partial charge < -0.3 is 29.2 Å². The highest BCUT2D eigenvalue weighted by molar-refractivity contribution is 5.63. The normalized spacial score (nSPS) is 19.6. The highest BCUT2D eigenvalue weighted by Gasteiger charge is 2.34. The molecule has 4 aromatic carbocycles. The summed E-state index contributed by atoms with van der Waals surface area (Å²) in [4.78, 5) is 4.66. The topological polar surface area (TPSA) is 83.9 Å². The van der Waals surface area contributed by atoms with Crippen LogP contribution in [-0.4, -0.2) is 61.4 Å². The van der Waals surface area contributed by atoms with E-state index >= 15 is 0 Å². The summed E-state index contributed by atoms with van der Waals surface area (Å²) < 4.78 is 24.5. The molecule has 0 saturated heterocycles. The number of hydrogen-bond donors (Lipinski definition) is 2. The minimum atomic E-state index is -0.0539. The summed E-state index contributed by atoms with van der Waals surface area (Å²) in [6, 6.07) is 19.7. The molecule has 6 heterocycles. The Labute approximate surface area is 258 Å². The van der Waals surface area contributed by atoms with Crippen LogP contribution in [0.5, 0.6) is 46.0 Å². The van der Waals surface area contributed by atoms with E-state index in [1.165, 1.54) is 11.1 Å². The molecule has 8 bridgehead atoms. The summed E-state index contributed by atoms with van der Waals surface area (Å²) in [5.41, 5.74) is 6.56. The monoisotopic (exact) mass is 594 g/mol. The Morgan fingerprint density at radius 1 is 0.705 bits per heavy atom. The van der Waals surface area contributed by atoms with E-state index in [2.05, 4.69) is 48.2 Å². The molecule has 0 radical (unpaired) electrons. The van der Waals surface area contributed by atoms with Gasteiger partial charge in [0.2, 0.25) is 5.75 Å². The molecule has 6 aliphatic heterocycles. The molecule has 6 aliphatic rings. The van der Waals surface area contributed by atoms with Gasteiger partial charge in [-0.2, -0.15) is 0 Å². The molecule has 0 saturated carbocycles. The van der Waals surface area contributed by atoms with E-state index in [1.807, 2.05) is 30.3 Å². The lowest BCUT2D eigenvalue weighted by Crippen LogP contribution is -2.34. The molecule has 0 aromatic heterocycles. The molecule has 0 aliphatic carbocycles. The third kappa shape index (κ3) is 4.98. The van der Waals surface area contributed by atoms with Gasteiger partial charge in [-0.15, -0.1) is 0 Å². The Hall–Kier alpha value is -4.40. The molecule has 0 spiro atoms. The number of benzene rings is 4. The first kappa shape index (κ1) is 28.4. The number of aromatic hydroxyl groups is 2. The van der Waals surface area contributed by atoms with Crippen molar-refractivity contribution in [3.63, 3.8) is 0 Å². The van der Waals surface area contributed by atoms with Gasteiger partial charge in [0.15, 0.2) is 34.5 Å². The van der Waals surface area contributed by atoms with E-state index in [4.69, 9.17) is 18.9 Å². The molecule has 0 fully saturated rings. The van der Waals surface area contributed by atoms with E-state index in [9.17, 15) is 10.2 Å². The van der Waals surface area contributed by atoms with Crippen molar-refractivity contribution >= 4 is 0 Å². The smallest absolute Gasteiger partial charge is 0.201 e. The van der Waals surface area contributed by atoms with Crippen molar-refractivity contribution in [2.45, 2.75) is 37.8 Å². The van der Waals surface area contributed by atoms with Gasteiger partial charge in [-0.05, 0) is 110 Å². The van der Waals surface area contributed by atoms with Crippen molar-refractivity contribution in [3.8, 4) is 46.0 Å². The van der Waals surface area contributed by atoms with Crippen LogP contribution in [0.1, 0.15) is 45.5 Å². The van der Waals surface area contributed by atoms with Crippen molar-refractivity contribution in [1.82, 2.24) is 9.80 Å². The molecule has 8 heteroatoms. The Balaban J connectivity index is 1.44. The van der Waals surface area contributed by atoms with Gasteiger partial charge in [0, 0.05) is 30.7 Å². The molecule has 0 amide bonds. The van der Waals surface area contributed by atoms with Crippen LogP contribution in [-0.2, 0) is 25.7 Å². The molecular formula is C36H38N2O6. The van der Waals surface area contributed by atoms with Crippen LogP contribution in [0.3, 0.4) is 0 Å². The van der Waals surface area contributed by atoms with Crippen molar-refractivity contribution in [3.05, 3.63) is 94.0 Å². The third-order valence-electron chi connectivity index (χ3n) is 9.46. The quantitative estimate of drug-likeness (QED) is 0.270. The van der Waals surface area contributed by atoms with Gasteiger partial charge >= 0.3 is 0 Å². The van der Waals surface area contributed by atoms with Crippen molar-refractivity contribution < 1.29 is 29.2 Å². The molecule has 0 unspecified atom stereocenters. The van der Waals surface area contributed by atoms with E-state index < -0.39 is 0 Å². The lowest BCUT2D eigenvalue weighted by Gasteiger charge is -2.37. The van der Waals surface area contributed by atoms with E-state index in [1.54, 1.807) is 20.3 Å². The maximum absolute atomic E-state index is 11.5. The number of hydrogen-bond acceptors (Lipinski definition) is 8. The number of methoxy groups -OCH3 is 2. The first-order valence-corrected chi connectivity index (χ1v) is 15.1. The predicted molar refractivity (Wildman–Crippen MR) is 168 cm³/mol. The predicted octanol–water partition coefficient (Wildman–Crippen LogP) is 6.56. The first-order valence-electron chi connectivity index (χ1n) is 15.1. The minimum absolute atomic E-state index is 0.0161. The fraction of sp³-hybridized carbons (Fsp3) is 0.333. The van der Waals surface area contributed by atoms with Crippen LogP contribution in [0.4, 0.5) is 0 Å². The van der Waals surface area contributed by atoms with E-state index in [-0.39, 0.29) is 23.6 Å². The summed E-state index contributed by atoms with van der Waals surface area (Å²) in [6.45, 7) is 1.74. The van der Waals surface area contributed by atoms with Crippen LogP contribution >= 0.6 is 0 Å². The second kappa shape index (κ2) is 11.3. The largest absolute Gasteiger partial charge is 0.504 e. The van der Waals surface area contributed by atoms with E-state index in [0.717, 1.165) is 54.6 Å². The number of ether oxygens (including phenoxy) is 4. The highest BCUT2D eigenvalue weighted by atomic mass is 16.5. The number of phenols is 2. The second-order valence-electron chi connectivity index (χ2n) is 12.1. The summed E-state index contributed by atoms with van der Waals surface area (Å²) in [7, 11) is 7.46. The summed E-state index contributed by atoms with van der Waals surface area (Å²) in [6.07, 6.45) is 3.08. The number of rotatable bonds is 2. The van der Waals surface area contributed by atoms with Gasteiger partial charge in [0.1, 0.15) is 5.75 Å². The first-order chi connectivity index (χ1) is 21.3. The van der Waals surface area contributed by atoms with Gasteiger partial charge in [-0.25, -0.2) is 0 Å². The molecular weight excluding hydrogens is 556 g/mol. The van der Waals surface area contributed by atoms with Crippen LogP contribution < -0.4 is 18.9 Å². The van der Waals surface area contributed by atoms with Crippen molar-refractivity contribution in [2.24, 2.45) is 0 Å². The fourth-order valence-electron chi connectivity index (χ4n) is 6.94. The molecule has 10 rings (SSSR count). The molecule has 2 atom stereocenters. The summed E-state index contributed by atoms with van der Waals surface area (Å²) in [5, 5.41) is 22.2. The SMILES string of the molecule is COc1cc2c3cc1Oc1c(O)c(OC)cc4c1[C@H](Cc1ccc(cc1)Oc1cc(ccc1O)C[C@H]2N(C)CC3)N(C)CC4. The molecule has 4 aromatic rings. The zero-order valence-corrected chi connectivity index (χ0v) is 25.6. The second-order valence-corrected chi connectivity index (χ2v) is 12.1. The van der Waals surface area contributed by atoms with Gasteiger partial charge in [-0.3, -0.25) is 9.80 Å². The van der Waals surface area contributed by atoms with Gasteiger partial charge in [0.05, 0.1) is 14.2 Å². The summed E-state index contributed by atoms with van der Waals surface area (Å²) >= 11 is 0. The Kier molecular flexibility index (Phi) is 7.26. The molecule has 44 heavy (non-hydrogen) atoms. The van der Waals surface area contributed by atoms with Gasteiger partial charge in [0.25, 0.3) is 0 Å².